The number of hydrogen-bond donors (Lipinski definition) is 1. The number of rotatable bonds is 2. The summed E-state index contributed by atoms with van der Waals surface area (Å²) >= 11 is 0. The molecule has 0 saturated heterocycles. The van der Waals surface area contributed by atoms with E-state index in [2.05, 4.69) is 5.10 Å². The zero-order valence-corrected chi connectivity index (χ0v) is 8.26. The van der Waals surface area contributed by atoms with Crippen LogP contribution in [0.25, 0.3) is 0 Å². The first kappa shape index (κ1) is 11.1. The van der Waals surface area contributed by atoms with Crippen molar-refractivity contribution in [3.05, 3.63) is 6.20 Å². The van der Waals surface area contributed by atoms with Gasteiger partial charge in [0.1, 0.15) is 5.69 Å². The first-order valence-electron chi connectivity index (χ1n) is 3.55. The molecule has 0 aliphatic rings. The van der Waals surface area contributed by atoms with E-state index in [-0.39, 0.29) is 18.5 Å². The van der Waals surface area contributed by atoms with E-state index in [9.17, 15) is 0 Å². The normalized spacial score (nSPS) is 9.67. The molecule has 0 saturated carbocycles. The van der Waals surface area contributed by atoms with Gasteiger partial charge in [0.2, 0.25) is 0 Å². The molecule has 0 atom stereocenters. The summed E-state index contributed by atoms with van der Waals surface area (Å²) in [5.74, 6) is 0.516. The first-order chi connectivity index (χ1) is 5.09. The van der Waals surface area contributed by atoms with Gasteiger partial charge >= 0.3 is 0 Å². The standard InChI is InChI=1S/C7H13N3O.ClH/c1-5(2)11-7-6(8)4-10(3)9-7;/h4-5H,8H2,1-3H3;1H. The van der Waals surface area contributed by atoms with Crippen LogP contribution in [0.5, 0.6) is 5.88 Å². The molecule has 0 radical (unpaired) electrons. The van der Waals surface area contributed by atoms with Crippen LogP contribution in [0, 0.1) is 0 Å². The molecule has 0 aliphatic carbocycles. The molecule has 70 valence electrons. The van der Waals surface area contributed by atoms with Gasteiger partial charge in [-0.2, -0.15) is 0 Å². The highest BCUT2D eigenvalue weighted by Crippen LogP contribution is 2.18. The number of anilines is 1. The van der Waals surface area contributed by atoms with Crippen molar-refractivity contribution in [2.24, 2.45) is 7.05 Å². The molecule has 0 spiro atoms. The fourth-order valence-electron chi connectivity index (χ4n) is 0.801. The Hall–Kier alpha value is -0.900. The minimum Gasteiger partial charge on any atom is -0.472 e. The van der Waals surface area contributed by atoms with Gasteiger partial charge in [0.25, 0.3) is 5.88 Å². The summed E-state index contributed by atoms with van der Waals surface area (Å²) in [5.41, 5.74) is 6.17. The van der Waals surface area contributed by atoms with E-state index in [0.717, 1.165) is 0 Å². The lowest BCUT2D eigenvalue weighted by Crippen LogP contribution is -2.07. The maximum Gasteiger partial charge on any atom is 0.256 e. The van der Waals surface area contributed by atoms with Crippen molar-refractivity contribution in [3.63, 3.8) is 0 Å². The second kappa shape index (κ2) is 4.21. The molecule has 0 aromatic carbocycles. The monoisotopic (exact) mass is 191 g/mol. The number of aromatic nitrogens is 2. The smallest absolute Gasteiger partial charge is 0.256 e. The van der Waals surface area contributed by atoms with E-state index in [1.165, 1.54) is 0 Å². The van der Waals surface area contributed by atoms with E-state index in [1.54, 1.807) is 10.9 Å². The Morgan fingerprint density at radius 1 is 1.58 bits per heavy atom. The zero-order valence-electron chi connectivity index (χ0n) is 7.44. The number of nitrogen functional groups attached to an aromatic ring is 1. The highest BCUT2D eigenvalue weighted by molar-refractivity contribution is 5.85. The molecule has 0 fully saturated rings. The van der Waals surface area contributed by atoms with Gasteiger partial charge in [0, 0.05) is 7.05 Å². The van der Waals surface area contributed by atoms with Crippen LogP contribution in [-0.4, -0.2) is 15.9 Å². The van der Waals surface area contributed by atoms with Crippen molar-refractivity contribution in [1.29, 1.82) is 0 Å². The van der Waals surface area contributed by atoms with Crippen molar-refractivity contribution >= 4 is 18.1 Å². The summed E-state index contributed by atoms with van der Waals surface area (Å²) < 4.78 is 6.94. The third-order valence-corrected chi connectivity index (χ3v) is 1.17. The van der Waals surface area contributed by atoms with Crippen LogP contribution in [-0.2, 0) is 7.05 Å². The quantitative estimate of drug-likeness (QED) is 0.765. The van der Waals surface area contributed by atoms with Crippen LogP contribution in [0.4, 0.5) is 5.69 Å². The lowest BCUT2D eigenvalue weighted by atomic mass is 10.5. The average Bonchev–Trinajstić information content (AvgIpc) is 2.09. The molecule has 0 amide bonds. The summed E-state index contributed by atoms with van der Waals surface area (Å²) in [7, 11) is 1.81. The van der Waals surface area contributed by atoms with Crippen LogP contribution in [0.3, 0.4) is 0 Å². The minimum absolute atomic E-state index is 0. The van der Waals surface area contributed by atoms with Gasteiger partial charge in [-0.05, 0) is 13.8 Å². The van der Waals surface area contributed by atoms with Crippen molar-refractivity contribution in [2.45, 2.75) is 20.0 Å². The molecule has 12 heavy (non-hydrogen) atoms. The van der Waals surface area contributed by atoms with E-state index < -0.39 is 0 Å². The predicted molar refractivity (Wildman–Crippen MR) is 50.6 cm³/mol. The van der Waals surface area contributed by atoms with Crippen molar-refractivity contribution in [2.75, 3.05) is 5.73 Å². The summed E-state index contributed by atoms with van der Waals surface area (Å²) in [4.78, 5) is 0. The fourth-order valence-corrected chi connectivity index (χ4v) is 0.801. The van der Waals surface area contributed by atoms with Gasteiger partial charge in [0.05, 0.1) is 12.3 Å². The van der Waals surface area contributed by atoms with Crippen molar-refractivity contribution in [3.8, 4) is 5.88 Å². The number of nitrogens with two attached hydrogens (primary N) is 1. The van der Waals surface area contributed by atoms with Gasteiger partial charge in [-0.15, -0.1) is 17.5 Å². The number of ether oxygens (including phenoxy) is 1. The van der Waals surface area contributed by atoms with Crippen molar-refractivity contribution < 1.29 is 4.74 Å². The van der Waals surface area contributed by atoms with Crippen LogP contribution >= 0.6 is 12.4 Å². The minimum atomic E-state index is 0. The third-order valence-electron chi connectivity index (χ3n) is 1.17. The van der Waals surface area contributed by atoms with Crippen LogP contribution in [0.2, 0.25) is 0 Å². The van der Waals surface area contributed by atoms with Crippen LogP contribution < -0.4 is 10.5 Å². The van der Waals surface area contributed by atoms with Gasteiger partial charge in [-0.3, -0.25) is 4.68 Å². The Kier molecular flexibility index (Phi) is 3.89. The molecular formula is C7H14ClN3O. The van der Waals surface area contributed by atoms with Gasteiger partial charge in [-0.25, -0.2) is 0 Å². The molecular weight excluding hydrogens is 178 g/mol. The molecule has 2 N–H and O–H groups in total. The topological polar surface area (TPSA) is 53.1 Å². The molecule has 1 heterocycles. The molecule has 4 nitrogen and oxygen atoms in total. The number of nitrogens with zero attached hydrogens (tertiary/aromatic N) is 2. The van der Waals surface area contributed by atoms with E-state index >= 15 is 0 Å². The van der Waals surface area contributed by atoms with Gasteiger partial charge in [0.15, 0.2) is 0 Å². The molecule has 5 heteroatoms. The van der Waals surface area contributed by atoms with E-state index in [1.807, 2.05) is 20.9 Å². The summed E-state index contributed by atoms with van der Waals surface area (Å²) in [6, 6.07) is 0. The lowest BCUT2D eigenvalue weighted by Gasteiger charge is -2.05. The maximum atomic E-state index is 5.58. The summed E-state index contributed by atoms with van der Waals surface area (Å²) in [6.07, 6.45) is 1.84. The Morgan fingerprint density at radius 3 is 2.50 bits per heavy atom. The Labute approximate surface area is 78.1 Å². The molecule has 0 unspecified atom stereocenters. The van der Waals surface area contributed by atoms with E-state index in [4.69, 9.17) is 10.5 Å². The number of halogens is 1. The van der Waals surface area contributed by atoms with Crippen molar-refractivity contribution in [1.82, 2.24) is 9.78 Å². The zero-order chi connectivity index (χ0) is 8.43. The second-order valence-electron chi connectivity index (χ2n) is 2.73. The number of aryl methyl sites for hydroxylation is 1. The summed E-state index contributed by atoms with van der Waals surface area (Å²) in [5, 5.41) is 4.02. The van der Waals surface area contributed by atoms with Crippen LogP contribution in [0.15, 0.2) is 6.20 Å². The average molecular weight is 192 g/mol. The molecule has 1 rings (SSSR count). The molecule has 0 bridgehead atoms. The van der Waals surface area contributed by atoms with Crippen LogP contribution in [0.1, 0.15) is 13.8 Å². The predicted octanol–water partition coefficient (Wildman–Crippen LogP) is 1.21. The first-order valence-corrected chi connectivity index (χ1v) is 3.55. The lowest BCUT2D eigenvalue weighted by molar-refractivity contribution is 0.232. The van der Waals surface area contributed by atoms with Gasteiger partial charge in [-0.1, -0.05) is 0 Å². The second-order valence-corrected chi connectivity index (χ2v) is 2.73. The summed E-state index contributed by atoms with van der Waals surface area (Å²) in [6.45, 7) is 3.88. The highest BCUT2D eigenvalue weighted by Gasteiger charge is 2.05. The molecule has 1 aromatic heterocycles. The Bertz CT molecular complexity index is 247. The highest BCUT2D eigenvalue weighted by atomic mass is 35.5. The SMILES string of the molecule is CC(C)Oc1nn(C)cc1N.Cl. The third kappa shape index (κ3) is 2.62. The molecule has 0 aliphatic heterocycles. The Balaban J connectivity index is 0.00000121. The Morgan fingerprint density at radius 2 is 2.17 bits per heavy atom. The largest absolute Gasteiger partial charge is 0.472 e. The van der Waals surface area contributed by atoms with E-state index in [0.29, 0.717) is 11.6 Å². The maximum absolute atomic E-state index is 5.58. The molecule has 1 aromatic rings. The van der Waals surface area contributed by atoms with Gasteiger partial charge < -0.3 is 10.5 Å². The fraction of sp³-hybridized carbons (Fsp3) is 0.571. The number of hydrogen-bond acceptors (Lipinski definition) is 3.